The Morgan fingerprint density at radius 2 is 1.65 bits per heavy atom. The summed E-state index contributed by atoms with van der Waals surface area (Å²) in [6.07, 6.45) is 1.83. The Kier molecular flexibility index (Phi) is 8.12. The molecule has 0 unspecified atom stereocenters. The molecule has 0 fully saturated rings. The third-order valence-electron chi connectivity index (χ3n) is 5.18. The first-order valence-corrected chi connectivity index (χ1v) is 12.3. The van der Waals surface area contributed by atoms with Crippen molar-refractivity contribution in [1.82, 2.24) is 5.32 Å². The fourth-order valence-corrected chi connectivity index (χ4v) is 4.25. The summed E-state index contributed by atoms with van der Waals surface area (Å²) in [4.78, 5) is 12.4. The SMILES string of the molecule is COc1ccc(N(CCCC(=O)N[C@H](C)c2ccc(C(C)(C)C)cc2)S(C)(=O)=O)cc1. The highest BCUT2D eigenvalue weighted by Crippen LogP contribution is 2.24. The molecular formula is C24H34N2O4S. The minimum absolute atomic E-state index is 0.0837. The van der Waals surface area contributed by atoms with Crippen LogP contribution in [0.3, 0.4) is 0 Å². The van der Waals surface area contributed by atoms with Crippen molar-refractivity contribution in [3.63, 3.8) is 0 Å². The van der Waals surface area contributed by atoms with E-state index in [0.29, 0.717) is 17.9 Å². The Bertz CT molecular complexity index is 962. The largest absolute Gasteiger partial charge is 0.497 e. The van der Waals surface area contributed by atoms with Crippen LogP contribution in [0.25, 0.3) is 0 Å². The van der Waals surface area contributed by atoms with E-state index in [4.69, 9.17) is 4.74 Å². The third kappa shape index (κ3) is 7.28. The standard InChI is InChI=1S/C24H34N2O4S/c1-18(19-9-11-20(12-10-19)24(2,3)4)25-23(27)8-7-17-26(31(6,28)29)21-13-15-22(30-5)16-14-21/h9-16,18H,7-8,17H2,1-6H3,(H,25,27)/t18-/m1/s1. The van der Waals surface area contributed by atoms with Gasteiger partial charge in [-0.2, -0.15) is 0 Å². The number of carbonyl (C=O) groups is 1. The van der Waals surface area contributed by atoms with Gasteiger partial charge >= 0.3 is 0 Å². The number of hydrogen-bond acceptors (Lipinski definition) is 4. The molecule has 0 aromatic heterocycles. The average molecular weight is 447 g/mol. The summed E-state index contributed by atoms with van der Waals surface area (Å²) in [6.45, 7) is 8.67. The molecule has 2 aromatic rings. The second-order valence-electron chi connectivity index (χ2n) is 8.80. The van der Waals surface area contributed by atoms with Crippen LogP contribution in [-0.2, 0) is 20.2 Å². The number of anilines is 1. The number of nitrogens with zero attached hydrogens (tertiary/aromatic N) is 1. The molecule has 170 valence electrons. The van der Waals surface area contributed by atoms with Crippen molar-refractivity contribution in [3.8, 4) is 5.75 Å². The lowest BCUT2D eigenvalue weighted by Crippen LogP contribution is -2.32. The Morgan fingerprint density at radius 1 is 1.06 bits per heavy atom. The maximum atomic E-state index is 12.4. The Balaban J connectivity index is 1.92. The Morgan fingerprint density at radius 3 is 2.13 bits per heavy atom. The zero-order valence-corrected chi connectivity index (χ0v) is 20.1. The smallest absolute Gasteiger partial charge is 0.232 e. The van der Waals surface area contributed by atoms with E-state index in [1.54, 1.807) is 31.4 Å². The molecule has 2 rings (SSSR count). The number of nitrogens with one attached hydrogen (secondary N) is 1. The Hall–Kier alpha value is -2.54. The lowest BCUT2D eigenvalue weighted by atomic mass is 9.86. The number of carbonyl (C=O) groups excluding carboxylic acids is 1. The zero-order valence-electron chi connectivity index (χ0n) is 19.3. The first-order valence-electron chi connectivity index (χ1n) is 10.4. The van der Waals surface area contributed by atoms with Crippen molar-refractivity contribution in [2.75, 3.05) is 24.2 Å². The summed E-state index contributed by atoms with van der Waals surface area (Å²) < 4.78 is 30.9. The fourth-order valence-electron chi connectivity index (χ4n) is 3.29. The van der Waals surface area contributed by atoms with Crippen molar-refractivity contribution in [3.05, 3.63) is 59.7 Å². The first-order chi connectivity index (χ1) is 14.4. The predicted octanol–water partition coefficient (Wildman–Crippen LogP) is 4.42. The van der Waals surface area contributed by atoms with E-state index in [-0.39, 0.29) is 30.3 Å². The maximum Gasteiger partial charge on any atom is 0.232 e. The highest BCUT2D eigenvalue weighted by atomic mass is 32.2. The van der Waals surface area contributed by atoms with E-state index >= 15 is 0 Å². The van der Waals surface area contributed by atoms with E-state index in [1.165, 1.54) is 16.1 Å². The van der Waals surface area contributed by atoms with Gasteiger partial charge in [0.1, 0.15) is 5.75 Å². The Labute approximate surface area is 186 Å². The topological polar surface area (TPSA) is 75.7 Å². The molecule has 2 aromatic carbocycles. The third-order valence-corrected chi connectivity index (χ3v) is 6.37. The number of amides is 1. The molecule has 6 nitrogen and oxygen atoms in total. The van der Waals surface area contributed by atoms with Gasteiger partial charge in [-0.15, -0.1) is 0 Å². The van der Waals surface area contributed by atoms with Gasteiger partial charge in [0.15, 0.2) is 0 Å². The predicted molar refractivity (Wildman–Crippen MR) is 126 cm³/mol. The molecule has 0 bridgehead atoms. The van der Waals surface area contributed by atoms with Gasteiger partial charge in [-0.05, 0) is 54.2 Å². The summed E-state index contributed by atoms with van der Waals surface area (Å²) in [5.41, 5.74) is 2.92. The summed E-state index contributed by atoms with van der Waals surface area (Å²) >= 11 is 0. The summed E-state index contributed by atoms with van der Waals surface area (Å²) in [7, 11) is -1.90. The summed E-state index contributed by atoms with van der Waals surface area (Å²) in [5.74, 6) is 0.552. The van der Waals surface area contributed by atoms with Crippen LogP contribution in [0, 0.1) is 0 Å². The number of sulfonamides is 1. The van der Waals surface area contributed by atoms with E-state index in [9.17, 15) is 13.2 Å². The maximum absolute atomic E-state index is 12.4. The van der Waals surface area contributed by atoms with Gasteiger partial charge in [0.05, 0.1) is 25.1 Å². The van der Waals surface area contributed by atoms with Crippen LogP contribution in [0.4, 0.5) is 5.69 Å². The van der Waals surface area contributed by atoms with E-state index in [0.717, 1.165) is 5.56 Å². The number of ether oxygens (including phenoxy) is 1. The van der Waals surface area contributed by atoms with Gasteiger partial charge in [0, 0.05) is 13.0 Å². The van der Waals surface area contributed by atoms with Gasteiger partial charge in [0.2, 0.25) is 15.9 Å². The number of hydrogen-bond donors (Lipinski definition) is 1. The molecule has 0 aliphatic heterocycles. The van der Waals surface area contributed by atoms with Crippen LogP contribution in [-0.4, -0.2) is 34.2 Å². The quantitative estimate of drug-likeness (QED) is 0.619. The monoisotopic (exact) mass is 446 g/mol. The van der Waals surface area contributed by atoms with Crippen molar-refractivity contribution in [2.24, 2.45) is 0 Å². The number of methoxy groups -OCH3 is 1. The van der Waals surface area contributed by atoms with Crippen molar-refractivity contribution >= 4 is 21.6 Å². The van der Waals surface area contributed by atoms with E-state index in [2.05, 4.69) is 38.2 Å². The molecule has 0 heterocycles. The van der Waals surface area contributed by atoms with Gasteiger partial charge in [-0.3, -0.25) is 9.10 Å². The molecule has 1 atom stereocenters. The van der Waals surface area contributed by atoms with Crippen LogP contribution < -0.4 is 14.4 Å². The number of benzene rings is 2. The lowest BCUT2D eigenvalue weighted by molar-refractivity contribution is -0.121. The minimum atomic E-state index is -3.46. The fraction of sp³-hybridized carbons (Fsp3) is 0.458. The van der Waals surface area contributed by atoms with Gasteiger partial charge in [0.25, 0.3) is 0 Å². The normalized spacial score (nSPS) is 12.8. The van der Waals surface area contributed by atoms with Crippen molar-refractivity contribution < 1.29 is 17.9 Å². The lowest BCUT2D eigenvalue weighted by Gasteiger charge is -2.23. The minimum Gasteiger partial charge on any atom is -0.497 e. The highest BCUT2D eigenvalue weighted by molar-refractivity contribution is 7.92. The van der Waals surface area contributed by atoms with Crippen LogP contribution in [0.15, 0.2) is 48.5 Å². The molecule has 31 heavy (non-hydrogen) atoms. The van der Waals surface area contributed by atoms with Crippen LogP contribution >= 0.6 is 0 Å². The molecule has 0 aliphatic rings. The zero-order chi connectivity index (χ0) is 23.2. The van der Waals surface area contributed by atoms with Gasteiger partial charge < -0.3 is 10.1 Å². The second-order valence-corrected chi connectivity index (χ2v) is 10.7. The van der Waals surface area contributed by atoms with Gasteiger partial charge in [-0.25, -0.2) is 8.42 Å². The van der Waals surface area contributed by atoms with E-state index in [1.807, 2.05) is 19.1 Å². The molecule has 0 aliphatic carbocycles. The van der Waals surface area contributed by atoms with E-state index < -0.39 is 10.0 Å². The molecular weight excluding hydrogens is 412 g/mol. The molecule has 0 spiro atoms. The highest BCUT2D eigenvalue weighted by Gasteiger charge is 2.19. The van der Waals surface area contributed by atoms with Crippen LogP contribution in [0.2, 0.25) is 0 Å². The van der Waals surface area contributed by atoms with Crippen molar-refractivity contribution in [1.29, 1.82) is 0 Å². The van der Waals surface area contributed by atoms with Crippen LogP contribution in [0.1, 0.15) is 57.7 Å². The number of rotatable bonds is 9. The van der Waals surface area contributed by atoms with Crippen molar-refractivity contribution in [2.45, 2.75) is 52.0 Å². The molecule has 0 saturated heterocycles. The van der Waals surface area contributed by atoms with Gasteiger partial charge in [-0.1, -0.05) is 45.0 Å². The molecule has 0 saturated carbocycles. The molecule has 0 radical (unpaired) electrons. The molecule has 1 amide bonds. The average Bonchev–Trinajstić information content (AvgIpc) is 2.70. The molecule has 1 N–H and O–H groups in total. The summed E-state index contributed by atoms with van der Waals surface area (Å²) in [6, 6.07) is 15.0. The first kappa shape index (κ1) is 24.7. The summed E-state index contributed by atoms with van der Waals surface area (Å²) in [5, 5.41) is 3.00. The van der Waals surface area contributed by atoms with Crippen LogP contribution in [0.5, 0.6) is 5.75 Å². The second kappa shape index (κ2) is 10.2. The molecule has 7 heteroatoms.